The third-order valence-electron chi connectivity index (χ3n) is 2.66. The van der Waals surface area contributed by atoms with Gasteiger partial charge in [0.1, 0.15) is 0 Å². The zero-order valence-corrected chi connectivity index (χ0v) is 9.23. The van der Waals surface area contributed by atoms with Crippen molar-refractivity contribution in [3.63, 3.8) is 0 Å². The van der Waals surface area contributed by atoms with Crippen molar-refractivity contribution in [2.45, 2.75) is 39.5 Å². The number of nitrogens with zero attached hydrogens (tertiary/aromatic N) is 1. The Hall–Kier alpha value is -1.05. The van der Waals surface area contributed by atoms with Gasteiger partial charge in [-0.1, -0.05) is 27.2 Å². The molecular formula is C12H19NO. The molecule has 0 aliphatic rings. The highest BCUT2D eigenvalue weighted by molar-refractivity contribution is 5.14. The van der Waals surface area contributed by atoms with Crippen molar-refractivity contribution in [3.05, 3.63) is 35.3 Å². The Kier molecular flexibility index (Phi) is 3.93. The Labute approximate surface area is 86.2 Å². The van der Waals surface area contributed by atoms with Gasteiger partial charge in [-0.3, -0.25) is 0 Å². The lowest BCUT2D eigenvalue weighted by molar-refractivity contribution is -0.605. The molecule has 0 bridgehead atoms. The minimum Gasteiger partial charge on any atom is -0.619 e. The van der Waals surface area contributed by atoms with Crippen LogP contribution in [0.5, 0.6) is 0 Å². The highest BCUT2D eigenvalue weighted by Gasteiger charge is 2.15. The molecule has 2 heteroatoms. The van der Waals surface area contributed by atoms with Crippen molar-refractivity contribution in [1.82, 2.24) is 0 Å². The smallest absolute Gasteiger partial charge is 0.180 e. The van der Waals surface area contributed by atoms with Gasteiger partial charge >= 0.3 is 0 Å². The lowest BCUT2D eigenvalue weighted by atomic mass is 9.85. The van der Waals surface area contributed by atoms with Crippen LogP contribution in [0, 0.1) is 11.1 Å². The van der Waals surface area contributed by atoms with Crippen LogP contribution in [0.3, 0.4) is 0 Å². The molecule has 0 aromatic carbocycles. The summed E-state index contributed by atoms with van der Waals surface area (Å²) < 4.78 is 0.840. The third kappa shape index (κ3) is 2.72. The number of hydrogen-bond donors (Lipinski definition) is 0. The highest BCUT2D eigenvalue weighted by Crippen LogP contribution is 2.28. The third-order valence-corrected chi connectivity index (χ3v) is 2.66. The van der Waals surface area contributed by atoms with Crippen LogP contribution in [0.2, 0.25) is 0 Å². The maximum atomic E-state index is 10.9. The Balaban J connectivity index is 2.82. The van der Waals surface area contributed by atoms with E-state index >= 15 is 0 Å². The summed E-state index contributed by atoms with van der Waals surface area (Å²) in [6.45, 7) is 6.67. The first-order chi connectivity index (χ1) is 6.65. The van der Waals surface area contributed by atoms with Crippen molar-refractivity contribution >= 4 is 0 Å². The number of rotatable bonds is 4. The Morgan fingerprint density at radius 1 is 1.29 bits per heavy atom. The van der Waals surface area contributed by atoms with Crippen molar-refractivity contribution in [1.29, 1.82) is 0 Å². The summed E-state index contributed by atoms with van der Waals surface area (Å²) in [4.78, 5) is 0. The number of pyridine rings is 1. The lowest BCUT2D eigenvalue weighted by Crippen LogP contribution is -2.24. The molecule has 0 spiro atoms. The predicted octanol–water partition coefficient (Wildman–Crippen LogP) is 2.86. The maximum Gasteiger partial charge on any atom is 0.180 e. The van der Waals surface area contributed by atoms with E-state index in [0.717, 1.165) is 4.73 Å². The summed E-state index contributed by atoms with van der Waals surface area (Å²) >= 11 is 0. The first-order valence-electron chi connectivity index (χ1n) is 5.34. The molecule has 1 atom stereocenters. The second kappa shape index (κ2) is 4.99. The van der Waals surface area contributed by atoms with Gasteiger partial charge in [-0.25, -0.2) is 0 Å². The Morgan fingerprint density at radius 3 is 2.29 bits per heavy atom. The Bertz CT molecular complexity index is 266. The Morgan fingerprint density at radius 2 is 1.86 bits per heavy atom. The molecule has 0 fully saturated rings. The van der Waals surface area contributed by atoms with Crippen LogP contribution in [0.4, 0.5) is 0 Å². The predicted molar refractivity (Wildman–Crippen MR) is 57.9 cm³/mol. The minimum atomic E-state index is 0.584. The number of hydrogen-bond acceptors (Lipinski definition) is 1. The summed E-state index contributed by atoms with van der Waals surface area (Å²) in [5.41, 5.74) is 1.29. The van der Waals surface area contributed by atoms with E-state index in [1.165, 1.54) is 18.4 Å². The van der Waals surface area contributed by atoms with E-state index in [2.05, 4.69) is 20.8 Å². The quantitative estimate of drug-likeness (QED) is 0.533. The van der Waals surface area contributed by atoms with Crippen molar-refractivity contribution in [3.8, 4) is 0 Å². The van der Waals surface area contributed by atoms with Gasteiger partial charge in [0.2, 0.25) is 0 Å². The molecule has 0 saturated carbocycles. The zero-order chi connectivity index (χ0) is 10.6. The van der Waals surface area contributed by atoms with Gasteiger partial charge in [0.05, 0.1) is 0 Å². The molecule has 1 unspecified atom stereocenters. The summed E-state index contributed by atoms with van der Waals surface area (Å²) in [6, 6.07) is 3.88. The van der Waals surface area contributed by atoms with Crippen LogP contribution in [-0.4, -0.2) is 0 Å². The normalized spacial score (nSPS) is 13.1. The summed E-state index contributed by atoms with van der Waals surface area (Å²) in [5, 5.41) is 10.9. The summed E-state index contributed by atoms with van der Waals surface area (Å²) in [5.74, 6) is 1.22. The van der Waals surface area contributed by atoms with Crippen molar-refractivity contribution in [2.24, 2.45) is 5.92 Å². The molecule has 0 aliphatic carbocycles. The maximum absolute atomic E-state index is 10.9. The summed E-state index contributed by atoms with van der Waals surface area (Å²) in [6.07, 6.45) is 5.55. The van der Waals surface area contributed by atoms with Crippen LogP contribution in [-0.2, 0) is 0 Å². The summed E-state index contributed by atoms with van der Waals surface area (Å²) in [7, 11) is 0. The fourth-order valence-corrected chi connectivity index (χ4v) is 1.87. The molecule has 14 heavy (non-hydrogen) atoms. The van der Waals surface area contributed by atoms with E-state index in [4.69, 9.17) is 0 Å². The van der Waals surface area contributed by atoms with E-state index in [0.29, 0.717) is 11.8 Å². The van der Waals surface area contributed by atoms with E-state index < -0.39 is 0 Å². The van der Waals surface area contributed by atoms with Crippen LogP contribution in [0.25, 0.3) is 0 Å². The van der Waals surface area contributed by atoms with Crippen LogP contribution < -0.4 is 4.73 Å². The largest absolute Gasteiger partial charge is 0.619 e. The molecule has 78 valence electrons. The minimum absolute atomic E-state index is 0.584. The van der Waals surface area contributed by atoms with Gasteiger partial charge in [0.15, 0.2) is 12.4 Å². The van der Waals surface area contributed by atoms with E-state index in [9.17, 15) is 5.21 Å². The molecule has 1 heterocycles. The molecule has 2 nitrogen and oxygen atoms in total. The number of aromatic nitrogens is 1. The van der Waals surface area contributed by atoms with Gasteiger partial charge in [0, 0.05) is 12.1 Å². The molecule has 0 saturated heterocycles. The van der Waals surface area contributed by atoms with Gasteiger partial charge in [-0.2, -0.15) is 4.73 Å². The SMILES string of the molecule is CCCC(c1cc[n+]([O-])cc1)C(C)C. The molecule has 0 aliphatic heterocycles. The van der Waals surface area contributed by atoms with Crippen LogP contribution >= 0.6 is 0 Å². The standard InChI is InChI=1S/C12H19NO/c1-4-5-12(10(2)3)11-6-8-13(14)9-7-11/h6-10,12H,4-5H2,1-3H3. The molecule has 1 aromatic heterocycles. The average Bonchev–Trinajstić information content (AvgIpc) is 2.15. The van der Waals surface area contributed by atoms with Crippen LogP contribution in [0.1, 0.15) is 45.1 Å². The molecule has 1 aromatic rings. The molecule has 1 rings (SSSR count). The van der Waals surface area contributed by atoms with Crippen molar-refractivity contribution < 1.29 is 4.73 Å². The second-order valence-electron chi connectivity index (χ2n) is 4.13. The fourth-order valence-electron chi connectivity index (χ4n) is 1.87. The van der Waals surface area contributed by atoms with Crippen LogP contribution in [0.15, 0.2) is 24.5 Å². The molecule has 0 radical (unpaired) electrons. The topological polar surface area (TPSA) is 26.9 Å². The lowest BCUT2D eigenvalue weighted by Gasteiger charge is -2.19. The van der Waals surface area contributed by atoms with Crippen molar-refractivity contribution in [2.75, 3.05) is 0 Å². The van der Waals surface area contributed by atoms with Gasteiger partial charge in [-0.15, -0.1) is 0 Å². The van der Waals surface area contributed by atoms with E-state index in [1.54, 1.807) is 12.4 Å². The molecule has 0 N–H and O–H groups in total. The van der Waals surface area contributed by atoms with E-state index in [-0.39, 0.29) is 0 Å². The molecule has 0 amide bonds. The molecular weight excluding hydrogens is 174 g/mol. The van der Waals surface area contributed by atoms with Gasteiger partial charge in [-0.05, 0) is 23.8 Å². The first-order valence-corrected chi connectivity index (χ1v) is 5.34. The monoisotopic (exact) mass is 193 g/mol. The second-order valence-corrected chi connectivity index (χ2v) is 4.13. The average molecular weight is 193 g/mol. The van der Waals surface area contributed by atoms with Gasteiger partial charge in [0.25, 0.3) is 0 Å². The zero-order valence-electron chi connectivity index (χ0n) is 9.23. The highest BCUT2D eigenvalue weighted by atomic mass is 16.5. The van der Waals surface area contributed by atoms with E-state index in [1.807, 2.05) is 12.1 Å². The van der Waals surface area contributed by atoms with Gasteiger partial charge < -0.3 is 5.21 Å². The first kappa shape index (κ1) is 11.0. The fraction of sp³-hybridized carbons (Fsp3) is 0.583.